The van der Waals surface area contributed by atoms with E-state index < -0.39 is 0 Å². The Morgan fingerprint density at radius 3 is 2.76 bits per heavy atom. The largest absolute Gasteiger partial charge is 0.352 e. The molecule has 0 bridgehead atoms. The highest BCUT2D eigenvalue weighted by Gasteiger charge is 2.12. The maximum atomic E-state index is 11.4. The summed E-state index contributed by atoms with van der Waals surface area (Å²) in [4.78, 5) is 16.3. The quantitative estimate of drug-likeness (QED) is 0.511. The Morgan fingerprint density at radius 1 is 1.28 bits per heavy atom. The van der Waals surface area contributed by atoms with Gasteiger partial charge < -0.3 is 9.88 Å². The molecule has 1 aromatic carbocycles. The molecule has 0 fully saturated rings. The van der Waals surface area contributed by atoms with Crippen molar-refractivity contribution in [2.75, 3.05) is 6.54 Å². The molecule has 1 aromatic heterocycles. The van der Waals surface area contributed by atoms with Crippen LogP contribution in [0.2, 0.25) is 0 Å². The Morgan fingerprint density at radius 2 is 2.04 bits per heavy atom. The Hall–Kier alpha value is -2.10. The zero-order valence-electron chi connectivity index (χ0n) is 15.8. The van der Waals surface area contributed by atoms with Crippen molar-refractivity contribution in [3.8, 4) is 0 Å². The van der Waals surface area contributed by atoms with Crippen molar-refractivity contribution in [3.05, 3.63) is 42.2 Å². The summed E-state index contributed by atoms with van der Waals surface area (Å²) in [7, 11) is 0. The van der Waals surface area contributed by atoms with E-state index in [-0.39, 0.29) is 5.91 Å². The Kier molecular flexibility index (Phi) is 7.23. The number of carbonyl (C=O) groups is 1. The van der Waals surface area contributed by atoms with E-state index in [2.05, 4.69) is 54.6 Å². The predicted octanol–water partition coefficient (Wildman–Crippen LogP) is 4.49. The summed E-state index contributed by atoms with van der Waals surface area (Å²) in [6, 6.07) is 8.41. The average Bonchev–Trinajstić information content (AvgIpc) is 2.95. The highest BCUT2D eigenvalue weighted by molar-refractivity contribution is 5.92. The van der Waals surface area contributed by atoms with Crippen LogP contribution in [-0.2, 0) is 17.8 Å². The van der Waals surface area contributed by atoms with Crippen molar-refractivity contribution in [2.45, 2.75) is 59.4 Å². The maximum absolute atomic E-state index is 11.4. The number of hydrogen-bond donors (Lipinski definition) is 1. The van der Waals surface area contributed by atoms with Gasteiger partial charge in [0.1, 0.15) is 5.82 Å². The van der Waals surface area contributed by atoms with E-state index in [4.69, 9.17) is 4.98 Å². The van der Waals surface area contributed by atoms with E-state index in [1.54, 1.807) is 6.92 Å². The van der Waals surface area contributed by atoms with Gasteiger partial charge >= 0.3 is 0 Å². The summed E-state index contributed by atoms with van der Waals surface area (Å²) >= 11 is 0. The molecule has 0 aliphatic carbocycles. The van der Waals surface area contributed by atoms with E-state index in [9.17, 15) is 4.79 Å². The lowest BCUT2D eigenvalue weighted by Crippen LogP contribution is -2.24. The molecule has 0 radical (unpaired) electrons. The minimum Gasteiger partial charge on any atom is -0.352 e. The molecule has 0 spiro atoms. The topological polar surface area (TPSA) is 46.9 Å². The Balaban J connectivity index is 1.90. The number of nitrogens with one attached hydrogen (secondary N) is 1. The fourth-order valence-electron chi connectivity index (χ4n) is 2.90. The minimum atomic E-state index is -0.0460. The second-order valence-corrected chi connectivity index (χ2v) is 6.99. The molecule has 0 aliphatic heterocycles. The lowest BCUT2D eigenvalue weighted by Gasteiger charge is -2.14. The van der Waals surface area contributed by atoms with E-state index in [1.807, 2.05) is 0 Å². The number of hydrogen-bond acceptors (Lipinski definition) is 2. The number of benzene rings is 1. The van der Waals surface area contributed by atoms with Crippen LogP contribution in [0, 0.1) is 5.92 Å². The first-order valence-electron chi connectivity index (χ1n) is 9.40. The van der Waals surface area contributed by atoms with Crippen LogP contribution in [0.25, 0.3) is 11.0 Å². The van der Waals surface area contributed by atoms with Gasteiger partial charge in [0.15, 0.2) is 0 Å². The van der Waals surface area contributed by atoms with Gasteiger partial charge in [0.05, 0.1) is 11.0 Å². The van der Waals surface area contributed by atoms with Crippen LogP contribution in [0.4, 0.5) is 0 Å². The van der Waals surface area contributed by atoms with Crippen LogP contribution in [-0.4, -0.2) is 22.0 Å². The third-order valence-corrected chi connectivity index (χ3v) is 4.68. The standard InChI is InChI=1S/C21H31N3O/c1-5-17(4)15-24-19-12-9-8-11-18(19)23-20(24)13-7-6-10-14-22-21(25)16(2)3/h8-9,11-12,17H,2,5-7,10,13-15H2,1,3-4H3,(H,22,25). The number of carbonyl (C=O) groups excluding carboxylic acids is 1. The monoisotopic (exact) mass is 341 g/mol. The molecular weight excluding hydrogens is 310 g/mol. The highest BCUT2D eigenvalue weighted by Crippen LogP contribution is 2.20. The van der Waals surface area contributed by atoms with Crippen molar-refractivity contribution in [1.82, 2.24) is 14.9 Å². The fourth-order valence-corrected chi connectivity index (χ4v) is 2.90. The summed E-state index contributed by atoms with van der Waals surface area (Å²) < 4.78 is 2.40. The normalized spacial score (nSPS) is 12.3. The third-order valence-electron chi connectivity index (χ3n) is 4.68. The number of aromatic nitrogens is 2. The van der Waals surface area contributed by atoms with E-state index in [0.717, 1.165) is 44.3 Å². The first kappa shape index (κ1) is 19.2. The summed E-state index contributed by atoms with van der Waals surface area (Å²) in [6.07, 6.45) is 5.33. The molecule has 4 nitrogen and oxygen atoms in total. The van der Waals surface area contributed by atoms with E-state index in [1.165, 1.54) is 17.8 Å². The summed E-state index contributed by atoms with van der Waals surface area (Å²) in [5, 5.41) is 2.89. The van der Waals surface area contributed by atoms with Gasteiger partial charge in [0.25, 0.3) is 0 Å². The van der Waals surface area contributed by atoms with Gasteiger partial charge in [-0.3, -0.25) is 4.79 Å². The van der Waals surface area contributed by atoms with Crippen LogP contribution < -0.4 is 5.32 Å². The average molecular weight is 341 g/mol. The number of unbranched alkanes of at least 4 members (excludes halogenated alkanes) is 2. The molecule has 1 amide bonds. The maximum Gasteiger partial charge on any atom is 0.246 e. The lowest BCUT2D eigenvalue weighted by atomic mass is 10.1. The van der Waals surface area contributed by atoms with Crippen LogP contribution >= 0.6 is 0 Å². The number of amides is 1. The molecular formula is C21H31N3O. The zero-order chi connectivity index (χ0) is 18.2. The van der Waals surface area contributed by atoms with Crippen LogP contribution in [0.1, 0.15) is 52.3 Å². The number of aryl methyl sites for hydroxylation is 1. The van der Waals surface area contributed by atoms with E-state index in [0.29, 0.717) is 11.5 Å². The van der Waals surface area contributed by atoms with Crippen molar-refractivity contribution in [2.24, 2.45) is 5.92 Å². The number of imidazole rings is 1. The molecule has 1 atom stereocenters. The number of nitrogens with zero attached hydrogens (tertiary/aromatic N) is 2. The first-order valence-corrected chi connectivity index (χ1v) is 9.40. The van der Waals surface area contributed by atoms with Crippen molar-refractivity contribution < 1.29 is 4.79 Å². The van der Waals surface area contributed by atoms with Gasteiger partial charge in [-0.25, -0.2) is 4.98 Å². The second kappa shape index (κ2) is 9.40. The smallest absolute Gasteiger partial charge is 0.246 e. The molecule has 25 heavy (non-hydrogen) atoms. The molecule has 1 N–H and O–H groups in total. The Labute approximate surface area is 151 Å². The fraction of sp³-hybridized carbons (Fsp3) is 0.524. The van der Waals surface area contributed by atoms with Crippen molar-refractivity contribution >= 4 is 16.9 Å². The molecule has 2 aromatic rings. The molecule has 0 saturated carbocycles. The molecule has 2 rings (SSSR count). The summed E-state index contributed by atoms with van der Waals surface area (Å²) in [5.74, 6) is 1.79. The van der Waals surface area contributed by atoms with Gasteiger partial charge in [-0.05, 0) is 37.8 Å². The first-order chi connectivity index (χ1) is 12.0. The van der Waals surface area contributed by atoms with Gasteiger partial charge in [-0.2, -0.15) is 0 Å². The molecule has 1 heterocycles. The second-order valence-electron chi connectivity index (χ2n) is 6.99. The van der Waals surface area contributed by atoms with Gasteiger partial charge in [0.2, 0.25) is 5.91 Å². The number of para-hydroxylation sites is 2. The Bertz CT molecular complexity index is 717. The molecule has 0 aliphatic rings. The van der Waals surface area contributed by atoms with Gasteiger partial charge in [0, 0.05) is 25.1 Å². The predicted molar refractivity (Wildman–Crippen MR) is 105 cm³/mol. The molecule has 136 valence electrons. The molecule has 1 unspecified atom stereocenters. The lowest BCUT2D eigenvalue weighted by molar-refractivity contribution is -0.117. The molecule has 0 saturated heterocycles. The van der Waals surface area contributed by atoms with Crippen molar-refractivity contribution in [3.63, 3.8) is 0 Å². The van der Waals surface area contributed by atoms with Crippen molar-refractivity contribution in [1.29, 1.82) is 0 Å². The number of rotatable bonds is 10. The van der Waals surface area contributed by atoms with Gasteiger partial charge in [-0.15, -0.1) is 0 Å². The third kappa shape index (κ3) is 5.45. The number of fused-ring (bicyclic) bond motifs is 1. The zero-order valence-corrected chi connectivity index (χ0v) is 15.8. The summed E-state index contributed by atoms with van der Waals surface area (Å²) in [6.45, 7) is 11.7. The highest BCUT2D eigenvalue weighted by atomic mass is 16.1. The minimum absolute atomic E-state index is 0.0460. The van der Waals surface area contributed by atoms with Gasteiger partial charge in [-0.1, -0.05) is 45.4 Å². The SMILES string of the molecule is C=C(C)C(=O)NCCCCCc1nc2ccccc2n1CC(C)CC. The molecule has 4 heteroatoms. The van der Waals surface area contributed by atoms with E-state index >= 15 is 0 Å². The van der Waals surface area contributed by atoms with Crippen LogP contribution in [0.5, 0.6) is 0 Å². The summed E-state index contributed by atoms with van der Waals surface area (Å²) in [5.41, 5.74) is 2.90. The van der Waals surface area contributed by atoms with Crippen LogP contribution in [0.3, 0.4) is 0 Å². The van der Waals surface area contributed by atoms with Crippen LogP contribution in [0.15, 0.2) is 36.4 Å².